The molecule has 0 spiro atoms. The summed E-state index contributed by atoms with van der Waals surface area (Å²) >= 11 is 0. The quantitative estimate of drug-likeness (QED) is 0.366. The fraction of sp³-hybridized carbons (Fsp3) is 0.857. The molecule has 0 amide bonds. The molecule has 3 aliphatic carbocycles. The standard InChI is InChI=1S/C28H48/c1-3-5-8-24-11-13-25(14-12-24)9-6-7-10-26-17-21-28(22-18-26)27-19-15-23(4-2)16-20-27/h5,7-8,10,23-28H,3-4,6,9,11-22H2,1-2H3/b8-5+,10-7+/t23-,24-,25-,26?,27-,28?. The Balaban J connectivity index is 1.26. The molecule has 0 aromatic rings. The van der Waals surface area contributed by atoms with E-state index in [1.807, 2.05) is 0 Å². The molecule has 0 aliphatic heterocycles. The van der Waals surface area contributed by atoms with Crippen LogP contribution in [0.2, 0.25) is 0 Å². The second-order valence-electron chi connectivity index (χ2n) is 10.5. The van der Waals surface area contributed by atoms with Crippen LogP contribution in [0.25, 0.3) is 0 Å². The van der Waals surface area contributed by atoms with Crippen molar-refractivity contribution < 1.29 is 0 Å². The number of hydrogen-bond donors (Lipinski definition) is 0. The Labute approximate surface area is 176 Å². The normalized spacial score (nSPS) is 37.6. The fourth-order valence-electron chi connectivity index (χ4n) is 6.50. The summed E-state index contributed by atoms with van der Waals surface area (Å²) in [6, 6.07) is 0. The van der Waals surface area contributed by atoms with E-state index in [1.165, 1.54) is 89.9 Å². The summed E-state index contributed by atoms with van der Waals surface area (Å²) in [5.41, 5.74) is 0. The second kappa shape index (κ2) is 12.2. The Bertz CT molecular complexity index is 448. The molecule has 0 aromatic heterocycles. The van der Waals surface area contributed by atoms with Crippen molar-refractivity contribution in [3.8, 4) is 0 Å². The molecule has 0 saturated heterocycles. The van der Waals surface area contributed by atoms with Gasteiger partial charge in [-0.15, -0.1) is 0 Å². The van der Waals surface area contributed by atoms with Gasteiger partial charge in [0.1, 0.15) is 0 Å². The molecule has 28 heavy (non-hydrogen) atoms. The van der Waals surface area contributed by atoms with Gasteiger partial charge in [-0.1, -0.05) is 57.4 Å². The monoisotopic (exact) mass is 384 g/mol. The van der Waals surface area contributed by atoms with Crippen LogP contribution in [0, 0.1) is 35.5 Å². The van der Waals surface area contributed by atoms with Crippen LogP contribution in [-0.2, 0) is 0 Å². The van der Waals surface area contributed by atoms with Gasteiger partial charge in [-0.3, -0.25) is 0 Å². The largest absolute Gasteiger partial charge is 0.0885 e. The minimum absolute atomic E-state index is 0.888. The first-order valence-electron chi connectivity index (χ1n) is 13.1. The van der Waals surface area contributed by atoms with E-state index in [9.17, 15) is 0 Å². The summed E-state index contributed by atoms with van der Waals surface area (Å²) in [5, 5.41) is 0. The summed E-state index contributed by atoms with van der Waals surface area (Å²) in [7, 11) is 0. The molecule has 3 rings (SSSR count). The average Bonchev–Trinajstić information content (AvgIpc) is 2.76. The van der Waals surface area contributed by atoms with Gasteiger partial charge in [0.25, 0.3) is 0 Å². The highest BCUT2D eigenvalue weighted by atomic mass is 14.3. The number of rotatable bonds is 8. The van der Waals surface area contributed by atoms with Gasteiger partial charge in [0, 0.05) is 0 Å². The smallest absolute Gasteiger partial charge is 0.0233 e. The lowest BCUT2D eigenvalue weighted by molar-refractivity contribution is 0.154. The van der Waals surface area contributed by atoms with Gasteiger partial charge in [-0.25, -0.2) is 0 Å². The molecule has 0 nitrogen and oxygen atoms in total. The third-order valence-electron chi connectivity index (χ3n) is 8.64. The van der Waals surface area contributed by atoms with Gasteiger partial charge in [0.2, 0.25) is 0 Å². The van der Waals surface area contributed by atoms with Crippen LogP contribution in [0.5, 0.6) is 0 Å². The fourth-order valence-corrected chi connectivity index (χ4v) is 6.50. The van der Waals surface area contributed by atoms with Crippen LogP contribution in [0.4, 0.5) is 0 Å². The minimum atomic E-state index is 0.888. The molecule has 0 heteroatoms. The van der Waals surface area contributed by atoms with Crippen LogP contribution in [0.1, 0.15) is 117 Å². The van der Waals surface area contributed by atoms with E-state index in [-0.39, 0.29) is 0 Å². The van der Waals surface area contributed by atoms with Gasteiger partial charge in [-0.2, -0.15) is 0 Å². The van der Waals surface area contributed by atoms with Crippen LogP contribution in [0.15, 0.2) is 24.3 Å². The van der Waals surface area contributed by atoms with Crippen molar-refractivity contribution in [1.29, 1.82) is 0 Å². The first-order valence-corrected chi connectivity index (χ1v) is 13.1. The van der Waals surface area contributed by atoms with Crippen molar-refractivity contribution in [3.05, 3.63) is 24.3 Å². The topological polar surface area (TPSA) is 0 Å². The van der Waals surface area contributed by atoms with E-state index < -0.39 is 0 Å². The van der Waals surface area contributed by atoms with E-state index >= 15 is 0 Å². The van der Waals surface area contributed by atoms with Gasteiger partial charge in [0.15, 0.2) is 0 Å². The predicted molar refractivity (Wildman–Crippen MR) is 124 cm³/mol. The third-order valence-corrected chi connectivity index (χ3v) is 8.64. The summed E-state index contributed by atoms with van der Waals surface area (Å²) in [6.07, 6.45) is 33.4. The summed E-state index contributed by atoms with van der Waals surface area (Å²) in [6.45, 7) is 4.64. The average molecular weight is 385 g/mol. The molecule has 3 aliphatic rings. The van der Waals surface area contributed by atoms with Crippen molar-refractivity contribution in [2.24, 2.45) is 35.5 Å². The number of allylic oxidation sites excluding steroid dienone is 4. The molecule has 0 radical (unpaired) electrons. The highest BCUT2D eigenvalue weighted by Crippen LogP contribution is 2.42. The highest BCUT2D eigenvalue weighted by molar-refractivity contribution is 4.94. The van der Waals surface area contributed by atoms with E-state index in [4.69, 9.17) is 0 Å². The van der Waals surface area contributed by atoms with Crippen LogP contribution < -0.4 is 0 Å². The molecular weight excluding hydrogens is 336 g/mol. The summed E-state index contributed by atoms with van der Waals surface area (Å²) < 4.78 is 0. The van der Waals surface area contributed by atoms with E-state index in [1.54, 1.807) is 12.8 Å². The maximum atomic E-state index is 2.61. The minimum Gasteiger partial charge on any atom is -0.0885 e. The van der Waals surface area contributed by atoms with Crippen LogP contribution in [-0.4, -0.2) is 0 Å². The van der Waals surface area contributed by atoms with Crippen molar-refractivity contribution in [2.45, 2.75) is 117 Å². The Hall–Kier alpha value is -0.520. The Morgan fingerprint density at radius 1 is 0.571 bits per heavy atom. The van der Waals surface area contributed by atoms with Crippen molar-refractivity contribution in [1.82, 2.24) is 0 Å². The van der Waals surface area contributed by atoms with Crippen molar-refractivity contribution in [2.75, 3.05) is 0 Å². The van der Waals surface area contributed by atoms with E-state index in [0.717, 1.165) is 35.5 Å². The van der Waals surface area contributed by atoms with E-state index in [0.29, 0.717) is 0 Å². The molecule has 0 aromatic carbocycles. The Kier molecular flexibility index (Phi) is 9.69. The Morgan fingerprint density at radius 3 is 1.64 bits per heavy atom. The lowest BCUT2D eigenvalue weighted by Crippen LogP contribution is -2.25. The van der Waals surface area contributed by atoms with Crippen LogP contribution >= 0.6 is 0 Å². The van der Waals surface area contributed by atoms with Gasteiger partial charge < -0.3 is 0 Å². The first kappa shape index (κ1) is 22.2. The van der Waals surface area contributed by atoms with Gasteiger partial charge in [0.05, 0.1) is 0 Å². The predicted octanol–water partition coefficient (Wildman–Crippen LogP) is 9.12. The van der Waals surface area contributed by atoms with E-state index in [2.05, 4.69) is 38.2 Å². The number of hydrogen-bond acceptors (Lipinski definition) is 0. The maximum absolute atomic E-state index is 2.61. The molecular formula is C28H48. The molecule has 3 saturated carbocycles. The molecule has 3 fully saturated rings. The molecule has 0 heterocycles. The maximum Gasteiger partial charge on any atom is -0.0233 e. The molecule has 0 N–H and O–H groups in total. The SMILES string of the molecule is CC/C=C/[C@H]1CC[C@H](CC/C=C/C2CCC([C@H]3CC[C@H](CC)CC3)CC2)CC1. The molecule has 160 valence electrons. The van der Waals surface area contributed by atoms with Gasteiger partial charge in [-0.05, 0) is 119 Å². The van der Waals surface area contributed by atoms with Crippen molar-refractivity contribution in [3.63, 3.8) is 0 Å². The molecule has 0 unspecified atom stereocenters. The highest BCUT2D eigenvalue weighted by Gasteiger charge is 2.29. The first-order chi connectivity index (χ1) is 13.8. The van der Waals surface area contributed by atoms with Crippen molar-refractivity contribution >= 4 is 0 Å². The third kappa shape index (κ3) is 7.07. The zero-order chi connectivity index (χ0) is 19.6. The Morgan fingerprint density at radius 2 is 1.07 bits per heavy atom. The van der Waals surface area contributed by atoms with Gasteiger partial charge >= 0.3 is 0 Å². The molecule has 0 bridgehead atoms. The second-order valence-corrected chi connectivity index (χ2v) is 10.5. The summed E-state index contributed by atoms with van der Waals surface area (Å²) in [5.74, 6) is 6.00. The van der Waals surface area contributed by atoms with Crippen LogP contribution in [0.3, 0.4) is 0 Å². The lowest BCUT2D eigenvalue weighted by atomic mass is 9.69. The summed E-state index contributed by atoms with van der Waals surface area (Å²) in [4.78, 5) is 0. The molecule has 0 atom stereocenters. The lowest BCUT2D eigenvalue weighted by Gasteiger charge is -2.37. The zero-order valence-corrected chi connectivity index (χ0v) is 19.1. The zero-order valence-electron chi connectivity index (χ0n) is 19.1.